The molecule has 1 saturated carbocycles. The number of anilines is 1. The van der Waals surface area contributed by atoms with Crippen molar-refractivity contribution in [3.05, 3.63) is 0 Å². The van der Waals surface area contributed by atoms with Crippen molar-refractivity contribution in [2.75, 3.05) is 18.0 Å². The van der Waals surface area contributed by atoms with Gasteiger partial charge in [0.2, 0.25) is 5.95 Å². The minimum atomic E-state index is -0.430. The minimum absolute atomic E-state index is 0.377. The average molecular weight is 237 g/mol. The number of hydrogen-bond donors (Lipinski definition) is 1. The monoisotopic (exact) mass is 237 g/mol. The van der Waals surface area contributed by atoms with Crippen LogP contribution in [-0.4, -0.2) is 44.0 Å². The molecule has 2 aliphatic rings. The molecule has 1 saturated heterocycles. The summed E-state index contributed by atoms with van der Waals surface area (Å²) in [7, 11) is 1.86. The highest BCUT2D eigenvalue weighted by molar-refractivity contribution is 5.30. The van der Waals surface area contributed by atoms with Crippen LogP contribution in [0, 0.1) is 5.92 Å². The molecular weight excluding hydrogens is 218 g/mol. The summed E-state index contributed by atoms with van der Waals surface area (Å²) in [6, 6.07) is 0. The Hall–Kier alpha value is -1.17. The molecule has 94 valence electrons. The molecule has 6 heteroatoms. The van der Waals surface area contributed by atoms with Gasteiger partial charge in [0.1, 0.15) is 0 Å². The normalized spacial score (nSPS) is 33.5. The Labute approximate surface area is 101 Å². The maximum Gasteiger partial charge on any atom is 0.245 e. The van der Waals surface area contributed by atoms with Crippen LogP contribution in [-0.2, 0) is 7.05 Å². The number of fused-ring (bicyclic) bond motifs is 1. The maximum absolute atomic E-state index is 10.6. The molecule has 1 N–H and O–H groups in total. The van der Waals surface area contributed by atoms with Crippen molar-refractivity contribution in [1.82, 2.24) is 20.2 Å². The van der Waals surface area contributed by atoms with E-state index in [9.17, 15) is 5.11 Å². The van der Waals surface area contributed by atoms with E-state index in [1.54, 1.807) is 4.68 Å². The fourth-order valence-corrected chi connectivity index (χ4v) is 3.25. The summed E-state index contributed by atoms with van der Waals surface area (Å²) in [5, 5.41) is 22.2. The predicted octanol–water partition coefficient (Wildman–Crippen LogP) is 0.341. The van der Waals surface area contributed by atoms with Gasteiger partial charge in [-0.25, -0.2) is 4.68 Å². The summed E-state index contributed by atoms with van der Waals surface area (Å²) in [4.78, 5) is 2.20. The number of aryl methyl sites for hydroxylation is 1. The Bertz CT molecular complexity index is 406. The number of tetrazole rings is 1. The standard InChI is InChI=1S/C11H19N5O/c1-15-10(12-13-14-15)16-7-6-11(17)5-3-2-4-9(11)8-16/h9,17H,2-8H2,1H3. The Morgan fingerprint density at radius 2 is 2.24 bits per heavy atom. The lowest BCUT2D eigenvalue weighted by molar-refractivity contribution is -0.0615. The topological polar surface area (TPSA) is 67.1 Å². The fraction of sp³-hybridized carbons (Fsp3) is 0.909. The second-order valence-corrected chi connectivity index (χ2v) is 5.34. The number of nitrogens with zero attached hydrogens (tertiary/aromatic N) is 5. The van der Waals surface area contributed by atoms with Crippen molar-refractivity contribution in [1.29, 1.82) is 0 Å². The third-order valence-corrected chi connectivity index (χ3v) is 4.31. The second kappa shape index (κ2) is 3.94. The molecule has 2 heterocycles. The number of piperidine rings is 1. The molecule has 1 aromatic heterocycles. The van der Waals surface area contributed by atoms with Gasteiger partial charge < -0.3 is 10.0 Å². The van der Waals surface area contributed by atoms with Crippen LogP contribution in [0.25, 0.3) is 0 Å². The highest BCUT2D eigenvalue weighted by Crippen LogP contribution is 2.40. The molecule has 1 aliphatic carbocycles. The second-order valence-electron chi connectivity index (χ2n) is 5.34. The first-order valence-electron chi connectivity index (χ1n) is 6.39. The molecule has 2 unspecified atom stereocenters. The van der Waals surface area contributed by atoms with E-state index in [-0.39, 0.29) is 0 Å². The van der Waals surface area contributed by atoms with Gasteiger partial charge in [-0.3, -0.25) is 0 Å². The van der Waals surface area contributed by atoms with Crippen molar-refractivity contribution in [3.63, 3.8) is 0 Å². The first-order valence-corrected chi connectivity index (χ1v) is 6.39. The van der Waals surface area contributed by atoms with Gasteiger partial charge in [-0.05, 0) is 29.7 Å². The molecule has 0 spiro atoms. The lowest BCUT2D eigenvalue weighted by Gasteiger charge is -2.47. The fourth-order valence-electron chi connectivity index (χ4n) is 3.25. The Morgan fingerprint density at radius 1 is 1.35 bits per heavy atom. The van der Waals surface area contributed by atoms with Gasteiger partial charge >= 0.3 is 0 Å². The highest BCUT2D eigenvalue weighted by atomic mass is 16.3. The molecule has 0 bridgehead atoms. The van der Waals surface area contributed by atoms with Crippen molar-refractivity contribution in [2.24, 2.45) is 13.0 Å². The van der Waals surface area contributed by atoms with Crippen LogP contribution in [0.5, 0.6) is 0 Å². The molecule has 3 rings (SSSR count). The molecule has 6 nitrogen and oxygen atoms in total. The van der Waals surface area contributed by atoms with Gasteiger partial charge in [0.25, 0.3) is 0 Å². The zero-order valence-electron chi connectivity index (χ0n) is 10.2. The SMILES string of the molecule is Cn1nnnc1N1CCC2(O)CCCCC2C1. The molecule has 2 fully saturated rings. The molecule has 0 radical (unpaired) electrons. The molecule has 1 aromatic rings. The van der Waals surface area contributed by atoms with Gasteiger partial charge in [0.15, 0.2) is 0 Å². The first kappa shape index (κ1) is 11.0. The van der Waals surface area contributed by atoms with Crippen LogP contribution < -0.4 is 4.90 Å². The van der Waals surface area contributed by atoms with E-state index in [1.807, 2.05) is 7.05 Å². The van der Waals surface area contributed by atoms with Crippen molar-refractivity contribution in [2.45, 2.75) is 37.7 Å². The summed E-state index contributed by atoms with van der Waals surface area (Å²) in [5.74, 6) is 1.19. The van der Waals surface area contributed by atoms with Crippen molar-refractivity contribution < 1.29 is 5.11 Å². The summed E-state index contributed by atoms with van der Waals surface area (Å²) >= 11 is 0. The van der Waals surface area contributed by atoms with Crippen LogP contribution in [0.4, 0.5) is 5.95 Å². The lowest BCUT2D eigenvalue weighted by Crippen LogP contribution is -2.53. The lowest BCUT2D eigenvalue weighted by atomic mass is 9.71. The van der Waals surface area contributed by atoms with Crippen LogP contribution >= 0.6 is 0 Å². The zero-order valence-corrected chi connectivity index (χ0v) is 10.2. The Kier molecular flexibility index (Phi) is 2.54. The molecular formula is C11H19N5O. The van der Waals surface area contributed by atoms with Crippen LogP contribution in [0.3, 0.4) is 0 Å². The average Bonchev–Trinajstić information content (AvgIpc) is 2.74. The molecule has 0 aromatic carbocycles. The maximum atomic E-state index is 10.6. The van der Waals surface area contributed by atoms with Gasteiger partial charge in [-0.2, -0.15) is 0 Å². The van der Waals surface area contributed by atoms with Gasteiger partial charge in [0, 0.05) is 26.1 Å². The summed E-state index contributed by atoms with van der Waals surface area (Å²) in [5.41, 5.74) is -0.430. The van der Waals surface area contributed by atoms with Gasteiger partial charge in [-0.1, -0.05) is 17.9 Å². The van der Waals surface area contributed by atoms with E-state index in [0.717, 1.165) is 38.3 Å². The molecule has 2 atom stereocenters. The molecule has 1 aliphatic heterocycles. The molecule has 0 amide bonds. The number of hydrogen-bond acceptors (Lipinski definition) is 5. The Balaban J connectivity index is 1.78. The third kappa shape index (κ3) is 1.80. The molecule has 17 heavy (non-hydrogen) atoms. The van der Waals surface area contributed by atoms with Crippen molar-refractivity contribution in [3.8, 4) is 0 Å². The minimum Gasteiger partial charge on any atom is -0.389 e. The third-order valence-electron chi connectivity index (χ3n) is 4.31. The van der Waals surface area contributed by atoms with E-state index in [4.69, 9.17) is 0 Å². The first-order chi connectivity index (χ1) is 8.19. The number of rotatable bonds is 1. The van der Waals surface area contributed by atoms with Crippen LogP contribution in [0.2, 0.25) is 0 Å². The van der Waals surface area contributed by atoms with Crippen molar-refractivity contribution >= 4 is 5.95 Å². The predicted molar refractivity (Wildman–Crippen MR) is 62.5 cm³/mol. The van der Waals surface area contributed by atoms with E-state index < -0.39 is 5.60 Å². The Morgan fingerprint density at radius 3 is 3.00 bits per heavy atom. The van der Waals surface area contributed by atoms with Gasteiger partial charge in [-0.15, -0.1) is 0 Å². The van der Waals surface area contributed by atoms with E-state index in [2.05, 4.69) is 20.4 Å². The largest absolute Gasteiger partial charge is 0.389 e. The zero-order chi connectivity index (χ0) is 11.9. The number of aromatic nitrogens is 4. The van der Waals surface area contributed by atoms with Crippen LogP contribution in [0.15, 0.2) is 0 Å². The van der Waals surface area contributed by atoms with Crippen LogP contribution in [0.1, 0.15) is 32.1 Å². The summed E-state index contributed by atoms with van der Waals surface area (Å²) < 4.78 is 1.70. The quantitative estimate of drug-likeness (QED) is 0.763. The van der Waals surface area contributed by atoms with E-state index in [0.29, 0.717) is 5.92 Å². The number of aliphatic hydroxyl groups is 1. The summed E-state index contributed by atoms with van der Waals surface area (Å²) in [6.45, 7) is 1.73. The summed E-state index contributed by atoms with van der Waals surface area (Å²) in [6.07, 6.45) is 5.32. The van der Waals surface area contributed by atoms with E-state index in [1.165, 1.54) is 12.8 Å². The smallest absolute Gasteiger partial charge is 0.245 e. The van der Waals surface area contributed by atoms with Gasteiger partial charge in [0.05, 0.1) is 5.60 Å². The highest BCUT2D eigenvalue weighted by Gasteiger charge is 2.43. The van der Waals surface area contributed by atoms with E-state index >= 15 is 0 Å².